The van der Waals surface area contributed by atoms with Crippen LogP contribution in [0.2, 0.25) is 0 Å². The number of aryl methyl sites for hydroxylation is 2. The third-order valence-corrected chi connectivity index (χ3v) is 2.39. The van der Waals surface area contributed by atoms with Crippen molar-refractivity contribution < 1.29 is 10.0 Å². The van der Waals surface area contributed by atoms with E-state index < -0.39 is 7.12 Å². The maximum Gasteiger partial charge on any atom is 0.488 e. The van der Waals surface area contributed by atoms with Gasteiger partial charge in [0.2, 0.25) is 0 Å². The Hall–Kier alpha value is -1.33. The molecule has 2 rings (SSSR count). The molecular weight excluding hydrogens is 179 g/mol. The first-order valence-electron chi connectivity index (χ1n) is 4.38. The van der Waals surface area contributed by atoms with Gasteiger partial charge in [-0.25, -0.2) is 0 Å². The van der Waals surface area contributed by atoms with Crippen LogP contribution in [-0.4, -0.2) is 26.9 Å². The highest BCUT2D eigenvalue weighted by molar-refractivity contribution is 6.59. The fourth-order valence-corrected chi connectivity index (χ4v) is 1.65. The third-order valence-electron chi connectivity index (χ3n) is 2.39. The van der Waals surface area contributed by atoms with Gasteiger partial charge in [0, 0.05) is 18.6 Å². The molecule has 5 heteroatoms. The number of fused-ring (bicyclic) bond motifs is 1. The zero-order valence-corrected chi connectivity index (χ0v) is 8.10. The van der Waals surface area contributed by atoms with E-state index in [9.17, 15) is 0 Å². The maximum absolute atomic E-state index is 9.10. The molecule has 0 aliphatic carbocycles. The van der Waals surface area contributed by atoms with Crippen LogP contribution in [-0.2, 0) is 7.05 Å². The van der Waals surface area contributed by atoms with Crippen molar-refractivity contribution in [1.29, 1.82) is 0 Å². The van der Waals surface area contributed by atoms with E-state index in [0.717, 1.165) is 16.5 Å². The monoisotopic (exact) mass is 190 g/mol. The van der Waals surface area contributed by atoms with Crippen LogP contribution in [0.15, 0.2) is 18.3 Å². The smallest absolute Gasteiger partial charge is 0.423 e. The van der Waals surface area contributed by atoms with Gasteiger partial charge in [0.25, 0.3) is 0 Å². The number of nitrogens with zero attached hydrogens (tertiary/aromatic N) is 2. The Morgan fingerprint density at radius 1 is 1.36 bits per heavy atom. The normalized spacial score (nSPS) is 10.9. The summed E-state index contributed by atoms with van der Waals surface area (Å²) < 4.78 is 1.71. The number of hydrogen-bond acceptors (Lipinski definition) is 3. The SMILES string of the molecule is Cc1c(B(O)O)ccc2nn(C)cc12. The summed E-state index contributed by atoms with van der Waals surface area (Å²) in [6.45, 7) is 1.86. The van der Waals surface area contributed by atoms with Crippen molar-refractivity contribution in [3.05, 3.63) is 23.9 Å². The summed E-state index contributed by atoms with van der Waals surface area (Å²) in [6.07, 6.45) is 1.87. The molecule has 0 unspecified atom stereocenters. The predicted molar refractivity (Wildman–Crippen MR) is 55.3 cm³/mol. The molecule has 0 atom stereocenters. The molecule has 0 saturated heterocycles. The first-order chi connectivity index (χ1) is 6.59. The van der Waals surface area contributed by atoms with Gasteiger partial charge in [-0.1, -0.05) is 6.07 Å². The molecule has 14 heavy (non-hydrogen) atoms. The molecule has 1 aromatic heterocycles. The maximum atomic E-state index is 9.10. The van der Waals surface area contributed by atoms with Gasteiger partial charge in [-0.3, -0.25) is 4.68 Å². The van der Waals surface area contributed by atoms with Gasteiger partial charge in [-0.2, -0.15) is 5.10 Å². The second-order valence-electron chi connectivity index (χ2n) is 3.39. The highest BCUT2D eigenvalue weighted by Crippen LogP contribution is 2.14. The Bertz CT molecular complexity index is 479. The van der Waals surface area contributed by atoms with Crippen molar-refractivity contribution in [2.75, 3.05) is 0 Å². The summed E-state index contributed by atoms with van der Waals surface area (Å²) in [5.74, 6) is 0. The van der Waals surface area contributed by atoms with E-state index in [1.807, 2.05) is 20.2 Å². The van der Waals surface area contributed by atoms with Gasteiger partial charge in [0.1, 0.15) is 0 Å². The summed E-state index contributed by atoms with van der Waals surface area (Å²) >= 11 is 0. The molecule has 1 heterocycles. The van der Waals surface area contributed by atoms with E-state index in [1.165, 1.54) is 0 Å². The lowest BCUT2D eigenvalue weighted by Crippen LogP contribution is -2.31. The quantitative estimate of drug-likeness (QED) is 0.599. The minimum Gasteiger partial charge on any atom is -0.423 e. The summed E-state index contributed by atoms with van der Waals surface area (Å²) in [4.78, 5) is 0. The van der Waals surface area contributed by atoms with Crippen LogP contribution in [0.1, 0.15) is 5.56 Å². The van der Waals surface area contributed by atoms with Crippen LogP contribution in [0.3, 0.4) is 0 Å². The molecule has 2 N–H and O–H groups in total. The highest BCUT2D eigenvalue weighted by atomic mass is 16.4. The predicted octanol–water partition coefficient (Wildman–Crippen LogP) is -0.438. The molecule has 0 saturated carbocycles. The lowest BCUT2D eigenvalue weighted by atomic mass is 9.76. The number of aromatic nitrogens is 2. The minimum atomic E-state index is -1.42. The van der Waals surface area contributed by atoms with Crippen molar-refractivity contribution in [3.63, 3.8) is 0 Å². The number of benzene rings is 1. The molecule has 72 valence electrons. The van der Waals surface area contributed by atoms with Gasteiger partial charge in [0.15, 0.2) is 0 Å². The topological polar surface area (TPSA) is 58.3 Å². The molecule has 0 aliphatic rings. The lowest BCUT2D eigenvalue weighted by molar-refractivity contribution is 0.425. The van der Waals surface area contributed by atoms with Gasteiger partial charge in [-0.15, -0.1) is 0 Å². The van der Waals surface area contributed by atoms with E-state index >= 15 is 0 Å². The Morgan fingerprint density at radius 2 is 2.07 bits per heavy atom. The summed E-state index contributed by atoms with van der Waals surface area (Å²) in [6, 6.07) is 3.48. The zero-order chi connectivity index (χ0) is 10.3. The van der Waals surface area contributed by atoms with Gasteiger partial charge < -0.3 is 10.0 Å². The van der Waals surface area contributed by atoms with Crippen LogP contribution in [0.5, 0.6) is 0 Å². The van der Waals surface area contributed by atoms with Crippen LogP contribution < -0.4 is 5.46 Å². The summed E-state index contributed by atoms with van der Waals surface area (Å²) in [5.41, 5.74) is 2.27. The summed E-state index contributed by atoms with van der Waals surface area (Å²) in [7, 11) is 0.425. The fourth-order valence-electron chi connectivity index (χ4n) is 1.65. The fraction of sp³-hybridized carbons (Fsp3) is 0.222. The Labute approximate surface area is 81.9 Å². The standard InChI is InChI=1S/C9H11BN2O2/c1-6-7-5-12(2)11-9(7)4-3-8(6)10(13)14/h3-5,13-14H,1-2H3. The molecule has 2 aromatic rings. The molecule has 0 spiro atoms. The summed E-state index contributed by atoms with van der Waals surface area (Å²) in [5, 5.41) is 23.4. The molecule has 0 amide bonds. The second-order valence-corrected chi connectivity index (χ2v) is 3.39. The van der Waals surface area contributed by atoms with Crippen LogP contribution in [0.4, 0.5) is 0 Å². The molecule has 0 aliphatic heterocycles. The highest BCUT2D eigenvalue weighted by Gasteiger charge is 2.16. The van der Waals surface area contributed by atoms with Crippen molar-refractivity contribution in [2.45, 2.75) is 6.92 Å². The average molecular weight is 190 g/mol. The number of rotatable bonds is 1. The third kappa shape index (κ3) is 1.30. The molecular formula is C9H11BN2O2. The first-order valence-corrected chi connectivity index (χ1v) is 4.38. The number of hydrogen-bond donors (Lipinski definition) is 2. The molecule has 4 nitrogen and oxygen atoms in total. The molecule has 0 fully saturated rings. The van der Waals surface area contributed by atoms with E-state index in [0.29, 0.717) is 5.46 Å². The first kappa shape index (κ1) is 9.24. The second kappa shape index (κ2) is 3.11. The van der Waals surface area contributed by atoms with Crippen LogP contribution in [0, 0.1) is 6.92 Å². The van der Waals surface area contributed by atoms with Crippen LogP contribution >= 0.6 is 0 Å². The lowest BCUT2D eigenvalue weighted by Gasteiger charge is -2.03. The van der Waals surface area contributed by atoms with Gasteiger partial charge in [-0.05, 0) is 24.0 Å². The minimum absolute atomic E-state index is 0.533. The van der Waals surface area contributed by atoms with Crippen molar-refractivity contribution in [2.24, 2.45) is 7.05 Å². The Morgan fingerprint density at radius 3 is 2.71 bits per heavy atom. The van der Waals surface area contributed by atoms with E-state index in [1.54, 1.807) is 16.8 Å². The van der Waals surface area contributed by atoms with Gasteiger partial charge in [0.05, 0.1) is 5.52 Å². The van der Waals surface area contributed by atoms with E-state index in [2.05, 4.69) is 5.10 Å². The van der Waals surface area contributed by atoms with Crippen molar-refractivity contribution in [3.8, 4) is 0 Å². The van der Waals surface area contributed by atoms with E-state index in [-0.39, 0.29) is 0 Å². The Balaban J connectivity index is 2.74. The van der Waals surface area contributed by atoms with Gasteiger partial charge >= 0.3 is 7.12 Å². The molecule has 1 aromatic carbocycles. The zero-order valence-electron chi connectivity index (χ0n) is 8.10. The molecule has 0 radical (unpaired) electrons. The van der Waals surface area contributed by atoms with Crippen molar-refractivity contribution in [1.82, 2.24) is 9.78 Å². The van der Waals surface area contributed by atoms with Crippen molar-refractivity contribution >= 4 is 23.5 Å². The molecule has 0 bridgehead atoms. The largest absolute Gasteiger partial charge is 0.488 e. The Kier molecular flexibility index (Phi) is 2.05. The average Bonchev–Trinajstić information content (AvgIpc) is 2.46. The van der Waals surface area contributed by atoms with Crippen LogP contribution in [0.25, 0.3) is 10.9 Å². The van der Waals surface area contributed by atoms with E-state index in [4.69, 9.17) is 10.0 Å².